The minimum atomic E-state index is -0.941. The standard InChI is InChI=1S/C16H16O3/c1-12-4-2-5-13(10-12)8-9-19-15-7-3-6-14(11-15)16(17)18/h2-7,10-11H,8-9H2,1H3,(H,17,18). The van der Waals surface area contributed by atoms with Crippen LogP contribution >= 0.6 is 0 Å². The van der Waals surface area contributed by atoms with Crippen molar-refractivity contribution in [1.29, 1.82) is 0 Å². The fourth-order valence-electron chi connectivity index (χ4n) is 1.87. The van der Waals surface area contributed by atoms with E-state index >= 15 is 0 Å². The smallest absolute Gasteiger partial charge is 0.335 e. The molecule has 98 valence electrons. The van der Waals surface area contributed by atoms with Crippen molar-refractivity contribution in [2.24, 2.45) is 0 Å². The molecule has 0 spiro atoms. The summed E-state index contributed by atoms with van der Waals surface area (Å²) in [6, 6.07) is 14.8. The molecule has 0 unspecified atom stereocenters. The van der Waals surface area contributed by atoms with E-state index in [0.717, 1.165) is 6.42 Å². The van der Waals surface area contributed by atoms with E-state index in [9.17, 15) is 4.79 Å². The molecule has 3 nitrogen and oxygen atoms in total. The number of benzene rings is 2. The predicted octanol–water partition coefficient (Wildman–Crippen LogP) is 3.31. The van der Waals surface area contributed by atoms with Crippen molar-refractivity contribution in [3.8, 4) is 5.75 Å². The van der Waals surface area contributed by atoms with Crippen molar-refractivity contribution < 1.29 is 14.6 Å². The molecule has 0 aliphatic heterocycles. The average molecular weight is 256 g/mol. The van der Waals surface area contributed by atoms with Gasteiger partial charge in [0.25, 0.3) is 0 Å². The summed E-state index contributed by atoms with van der Waals surface area (Å²) < 4.78 is 5.58. The number of hydrogen-bond donors (Lipinski definition) is 1. The first-order chi connectivity index (χ1) is 9.15. The first-order valence-electron chi connectivity index (χ1n) is 6.17. The lowest BCUT2D eigenvalue weighted by Gasteiger charge is -2.07. The van der Waals surface area contributed by atoms with E-state index in [1.165, 1.54) is 11.1 Å². The molecule has 2 aromatic rings. The van der Waals surface area contributed by atoms with Crippen LogP contribution in [0.1, 0.15) is 21.5 Å². The second-order valence-electron chi connectivity index (χ2n) is 4.42. The largest absolute Gasteiger partial charge is 0.493 e. The summed E-state index contributed by atoms with van der Waals surface area (Å²) in [5, 5.41) is 8.89. The zero-order valence-corrected chi connectivity index (χ0v) is 10.8. The normalized spacial score (nSPS) is 10.2. The lowest BCUT2D eigenvalue weighted by Crippen LogP contribution is -2.03. The Morgan fingerprint density at radius 3 is 2.68 bits per heavy atom. The Kier molecular flexibility index (Phi) is 4.18. The highest BCUT2D eigenvalue weighted by molar-refractivity contribution is 5.87. The van der Waals surface area contributed by atoms with Gasteiger partial charge in [0, 0.05) is 6.42 Å². The van der Waals surface area contributed by atoms with Crippen LogP contribution in [-0.4, -0.2) is 17.7 Å². The lowest BCUT2D eigenvalue weighted by atomic mass is 10.1. The molecule has 0 saturated heterocycles. The van der Waals surface area contributed by atoms with E-state index in [0.29, 0.717) is 12.4 Å². The zero-order chi connectivity index (χ0) is 13.7. The van der Waals surface area contributed by atoms with E-state index in [-0.39, 0.29) is 5.56 Å². The van der Waals surface area contributed by atoms with E-state index < -0.39 is 5.97 Å². The SMILES string of the molecule is Cc1cccc(CCOc2cccc(C(=O)O)c2)c1. The van der Waals surface area contributed by atoms with E-state index in [2.05, 4.69) is 25.1 Å². The molecule has 0 bridgehead atoms. The maximum Gasteiger partial charge on any atom is 0.335 e. The third-order valence-electron chi connectivity index (χ3n) is 2.82. The topological polar surface area (TPSA) is 46.5 Å². The number of aryl methyl sites for hydroxylation is 1. The van der Waals surface area contributed by atoms with E-state index in [1.807, 2.05) is 6.07 Å². The maximum absolute atomic E-state index is 10.8. The van der Waals surface area contributed by atoms with Crippen molar-refractivity contribution in [1.82, 2.24) is 0 Å². The van der Waals surface area contributed by atoms with Gasteiger partial charge in [-0.2, -0.15) is 0 Å². The highest BCUT2D eigenvalue weighted by Gasteiger charge is 2.03. The quantitative estimate of drug-likeness (QED) is 0.892. The zero-order valence-electron chi connectivity index (χ0n) is 10.8. The molecular formula is C16H16O3. The molecule has 0 aliphatic rings. The summed E-state index contributed by atoms with van der Waals surface area (Å²) in [5.74, 6) is -0.350. The van der Waals surface area contributed by atoms with Crippen molar-refractivity contribution in [2.45, 2.75) is 13.3 Å². The van der Waals surface area contributed by atoms with Gasteiger partial charge in [-0.1, -0.05) is 35.9 Å². The van der Waals surface area contributed by atoms with Gasteiger partial charge in [0.2, 0.25) is 0 Å². The van der Waals surface area contributed by atoms with Crippen molar-refractivity contribution in [3.63, 3.8) is 0 Å². The first kappa shape index (κ1) is 13.1. The summed E-state index contributed by atoms with van der Waals surface area (Å²) in [7, 11) is 0. The Hall–Kier alpha value is -2.29. The predicted molar refractivity (Wildman–Crippen MR) is 73.8 cm³/mol. The van der Waals surface area contributed by atoms with Crippen LogP contribution in [-0.2, 0) is 6.42 Å². The third-order valence-corrected chi connectivity index (χ3v) is 2.82. The Morgan fingerprint density at radius 1 is 1.16 bits per heavy atom. The number of aromatic carboxylic acids is 1. The maximum atomic E-state index is 10.8. The van der Waals surface area contributed by atoms with Gasteiger partial charge in [0.1, 0.15) is 5.75 Å². The molecular weight excluding hydrogens is 240 g/mol. The van der Waals surface area contributed by atoms with Gasteiger partial charge in [-0.05, 0) is 30.7 Å². The van der Waals surface area contributed by atoms with E-state index in [1.54, 1.807) is 24.3 Å². The summed E-state index contributed by atoms with van der Waals surface area (Å²) in [6.07, 6.45) is 0.805. The van der Waals surface area contributed by atoms with Gasteiger partial charge in [-0.15, -0.1) is 0 Å². The molecule has 0 radical (unpaired) electrons. The van der Waals surface area contributed by atoms with E-state index in [4.69, 9.17) is 9.84 Å². The molecule has 1 N–H and O–H groups in total. The molecule has 0 aromatic heterocycles. The third kappa shape index (κ3) is 3.85. The van der Waals surface area contributed by atoms with Gasteiger partial charge in [-0.3, -0.25) is 0 Å². The molecule has 0 heterocycles. The summed E-state index contributed by atoms with van der Waals surface area (Å²) in [5.41, 5.74) is 2.69. The van der Waals surface area contributed by atoms with Gasteiger partial charge in [-0.25, -0.2) is 4.79 Å². The fourth-order valence-corrected chi connectivity index (χ4v) is 1.87. The number of hydrogen-bond acceptors (Lipinski definition) is 2. The van der Waals surface area contributed by atoms with Crippen LogP contribution in [0, 0.1) is 6.92 Å². The molecule has 2 rings (SSSR count). The van der Waals surface area contributed by atoms with Crippen LogP contribution in [0.15, 0.2) is 48.5 Å². The van der Waals surface area contributed by atoms with Crippen LogP contribution in [0.2, 0.25) is 0 Å². The number of carboxylic acid groups (broad SMARTS) is 1. The van der Waals surface area contributed by atoms with Crippen molar-refractivity contribution in [2.75, 3.05) is 6.61 Å². The van der Waals surface area contributed by atoms with Crippen molar-refractivity contribution in [3.05, 3.63) is 65.2 Å². The van der Waals surface area contributed by atoms with Crippen LogP contribution in [0.25, 0.3) is 0 Å². The Balaban J connectivity index is 1.92. The molecule has 0 aliphatic carbocycles. The molecule has 0 atom stereocenters. The van der Waals surface area contributed by atoms with Crippen LogP contribution in [0.4, 0.5) is 0 Å². The van der Waals surface area contributed by atoms with Crippen LogP contribution in [0.5, 0.6) is 5.75 Å². The van der Waals surface area contributed by atoms with Gasteiger partial charge >= 0.3 is 5.97 Å². The molecule has 2 aromatic carbocycles. The minimum Gasteiger partial charge on any atom is -0.493 e. The highest BCUT2D eigenvalue weighted by atomic mass is 16.5. The molecule has 0 fully saturated rings. The van der Waals surface area contributed by atoms with Gasteiger partial charge < -0.3 is 9.84 Å². The summed E-state index contributed by atoms with van der Waals surface area (Å²) >= 11 is 0. The molecule has 19 heavy (non-hydrogen) atoms. The Morgan fingerprint density at radius 2 is 1.95 bits per heavy atom. The second-order valence-corrected chi connectivity index (χ2v) is 4.42. The average Bonchev–Trinajstić information content (AvgIpc) is 2.39. The monoisotopic (exact) mass is 256 g/mol. The summed E-state index contributed by atoms with van der Waals surface area (Å²) in [6.45, 7) is 2.59. The molecule has 0 amide bonds. The van der Waals surface area contributed by atoms with Crippen molar-refractivity contribution >= 4 is 5.97 Å². The minimum absolute atomic E-state index is 0.244. The fraction of sp³-hybridized carbons (Fsp3) is 0.188. The second kappa shape index (κ2) is 6.05. The van der Waals surface area contributed by atoms with Crippen LogP contribution < -0.4 is 4.74 Å². The molecule has 3 heteroatoms. The number of carboxylic acids is 1. The lowest BCUT2D eigenvalue weighted by molar-refractivity contribution is 0.0696. The number of carbonyl (C=O) groups is 1. The molecule has 0 saturated carbocycles. The highest BCUT2D eigenvalue weighted by Crippen LogP contribution is 2.14. The van der Waals surface area contributed by atoms with Crippen LogP contribution in [0.3, 0.4) is 0 Å². The van der Waals surface area contributed by atoms with Gasteiger partial charge in [0.15, 0.2) is 0 Å². The Bertz CT molecular complexity index is 576. The number of ether oxygens (including phenoxy) is 1. The summed E-state index contributed by atoms with van der Waals surface area (Å²) in [4.78, 5) is 10.8. The first-order valence-corrected chi connectivity index (χ1v) is 6.17. The van der Waals surface area contributed by atoms with Gasteiger partial charge in [0.05, 0.1) is 12.2 Å². The number of rotatable bonds is 5. The Labute approximate surface area is 112 Å².